The number of likely N-dealkylation sites (tertiary alicyclic amines) is 1. The largest absolute Gasteiger partial charge is 0.445 e. The summed E-state index contributed by atoms with van der Waals surface area (Å²) in [6.45, 7) is 2.02. The molecule has 0 spiro atoms. The van der Waals surface area contributed by atoms with Gasteiger partial charge in [-0.3, -0.25) is 4.79 Å². The van der Waals surface area contributed by atoms with Gasteiger partial charge in [-0.1, -0.05) is 60.7 Å². The third-order valence-corrected chi connectivity index (χ3v) is 5.75. The molecule has 2 heterocycles. The third kappa shape index (κ3) is 5.40. The summed E-state index contributed by atoms with van der Waals surface area (Å²) in [4.78, 5) is 31.4. The van der Waals surface area contributed by atoms with Crippen LogP contribution in [-0.2, 0) is 24.3 Å². The van der Waals surface area contributed by atoms with Gasteiger partial charge in [0, 0.05) is 37.9 Å². The average Bonchev–Trinajstić information content (AvgIpc) is 3.31. The Kier molecular flexibility index (Phi) is 6.77. The molecule has 4 rings (SSSR count). The van der Waals surface area contributed by atoms with Crippen molar-refractivity contribution in [2.24, 2.45) is 5.92 Å². The third-order valence-electron chi connectivity index (χ3n) is 5.75. The van der Waals surface area contributed by atoms with Crippen molar-refractivity contribution < 1.29 is 14.3 Å². The summed E-state index contributed by atoms with van der Waals surface area (Å²) in [6, 6.07) is 19.8. The quantitative estimate of drug-likeness (QED) is 0.536. The molecule has 1 aliphatic rings. The molecule has 1 aromatic heterocycles. The van der Waals surface area contributed by atoms with Crippen LogP contribution >= 0.6 is 0 Å². The van der Waals surface area contributed by atoms with Gasteiger partial charge in [-0.25, -0.2) is 9.78 Å². The number of aryl methyl sites for hydroxylation is 2. The van der Waals surface area contributed by atoms with Crippen LogP contribution in [0.5, 0.6) is 0 Å². The number of ether oxygens (including phenoxy) is 1. The molecule has 0 saturated carbocycles. The van der Waals surface area contributed by atoms with E-state index in [4.69, 9.17) is 4.74 Å². The number of aromatic nitrogens is 2. The highest BCUT2D eigenvalue weighted by molar-refractivity contribution is 5.95. The summed E-state index contributed by atoms with van der Waals surface area (Å²) in [5.74, 6) is 0.465. The predicted octanol–water partition coefficient (Wildman–Crippen LogP) is 4.36. The maximum Gasteiger partial charge on any atom is 0.410 e. The number of hydrogen-bond acceptors (Lipinski definition) is 4. The molecule has 0 aliphatic carbocycles. The lowest BCUT2D eigenvalue weighted by Gasteiger charge is -2.30. The minimum Gasteiger partial charge on any atom is -0.445 e. The van der Waals surface area contributed by atoms with E-state index in [1.165, 1.54) is 5.56 Å². The maximum absolute atomic E-state index is 13.1. The second-order valence-electron chi connectivity index (χ2n) is 7.85. The number of carbonyl (C=O) groups excluding carboxylic acids is 2. The fraction of sp³-hybridized carbons (Fsp3) is 0.320. The molecule has 6 heteroatoms. The molecule has 0 bridgehead atoms. The number of benzene rings is 2. The topological polar surface area (TPSA) is 64.4 Å². The second kappa shape index (κ2) is 10.1. The van der Waals surface area contributed by atoms with Crippen LogP contribution in [0.2, 0.25) is 0 Å². The van der Waals surface area contributed by atoms with Crippen molar-refractivity contribution in [3.63, 3.8) is 0 Å². The van der Waals surface area contributed by atoms with Crippen LogP contribution in [0.4, 0.5) is 4.79 Å². The van der Waals surface area contributed by atoms with Crippen LogP contribution in [0.3, 0.4) is 0 Å². The lowest BCUT2D eigenvalue weighted by atomic mass is 9.92. The minimum atomic E-state index is -0.320. The number of imidazole rings is 1. The first-order chi connectivity index (χ1) is 15.2. The molecule has 0 N–H and O–H groups in total. The molecular weight excluding hydrogens is 390 g/mol. The summed E-state index contributed by atoms with van der Waals surface area (Å²) < 4.78 is 7.35. The number of hydrogen-bond donors (Lipinski definition) is 0. The van der Waals surface area contributed by atoms with Crippen molar-refractivity contribution in [1.29, 1.82) is 0 Å². The van der Waals surface area contributed by atoms with Crippen LogP contribution in [0, 0.1) is 5.92 Å². The number of ketones is 1. The highest BCUT2D eigenvalue weighted by atomic mass is 16.6. The van der Waals surface area contributed by atoms with Crippen molar-refractivity contribution in [3.8, 4) is 0 Å². The molecule has 1 aliphatic heterocycles. The average molecular weight is 418 g/mol. The van der Waals surface area contributed by atoms with Crippen LogP contribution in [-0.4, -0.2) is 39.4 Å². The summed E-state index contributed by atoms with van der Waals surface area (Å²) in [7, 11) is 0. The summed E-state index contributed by atoms with van der Waals surface area (Å²) in [5.41, 5.74) is 2.19. The van der Waals surface area contributed by atoms with Crippen LogP contribution in [0.1, 0.15) is 34.6 Å². The second-order valence-corrected chi connectivity index (χ2v) is 7.85. The van der Waals surface area contributed by atoms with Gasteiger partial charge < -0.3 is 14.2 Å². The predicted molar refractivity (Wildman–Crippen MR) is 118 cm³/mol. The van der Waals surface area contributed by atoms with Gasteiger partial charge in [-0.2, -0.15) is 0 Å². The smallest absolute Gasteiger partial charge is 0.410 e. The SMILES string of the molecule is O=C(c1nccn1CCc1ccccc1)C1CCN(C(=O)OCc2ccccc2)CC1. The monoisotopic (exact) mass is 417 g/mol. The van der Waals surface area contributed by atoms with Crippen molar-refractivity contribution in [3.05, 3.63) is 90.0 Å². The fourth-order valence-corrected chi connectivity index (χ4v) is 3.93. The van der Waals surface area contributed by atoms with Crippen molar-refractivity contribution >= 4 is 11.9 Å². The van der Waals surface area contributed by atoms with E-state index in [2.05, 4.69) is 17.1 Å². The minimum absolute atomic E-state index is 0.0652. The molecule has 6 nitrogen and oxygen atoms in total. The van der Waals surface area contributed by atoms with Crippen molar-refractivity contribution in [2.75, 3.05) is 13.1 Å². The number of rotatable bonds is 7. The molecule has 1 amide bonds. The lowest BCUT2D eigenvalue weighted by molar-refractivity contribution is 0.0704. The Hall–Kier alpha value is -3.41. The number of nitrogens with zero attached hydrogens (tertiary/aromatic N) is 3. The van der Waals surface area contributed by atoms with Crippen molar-refractivity contribution in [1.82, 2.24) is 14.5 Å². The highest BCUT2D eigenvalue weighted by Crippen LogP contribution is 2.22. The Morgan fingerprint density at radius 2 is 1.58 bits per heavy atom. The Labute approximate surface area is 182 Å². The van der Waals surface area contributed by atoms with Gasteiger partial charge in [0.2, 0.25) is 5.78 Å². The van der Waals surface area contributed by atoms with E-state index >= 15 is 0 Å². The molecule has 160 valence electrons. The number of amides is 1. The molecular formula is C25H27N3O3. The lowest BCUT2D eigenvalue weighted by Crippen LogP contribution is -2.40. The van der Waals surface area contributed by atoms with E-state index in [0.717, 1.165) is 18.5 Å². The van der Waals surface area contributed by atoms with E-state index in [1.807, 2.05) is 59.3 Å². The summed E-state index contributed by atoms with van der Waals surface area (Å²) in [5, 5.41) is 0. The van der Waals surface area contributed by atoms with Crippen LogP contribution < -0.4 is 0 Å². The Bertz CT molecular complexity index is 993. The number of piperidine rings is 1. The highest BCUT2D eigenvalue weighted by Gasteiger charge is 2.30. The standard InChI is InChI=1S/C25H27N3O3/c29-23(24-26-14-18-27(24)15-11-20-7-3-1-4-8-20)22-12-16-28(17-13-22)25(30)31-19-21-9-5-2-6-10-21/h1-10,14,18,22H,11-13,15-17,19H2. The first-order valence-corrected chi connectivity index (χ1v) is 10.8. The zero-order valence-corrected chi connectivity index (χ0v) is 17.5. The van der Waals surface area contributed by atoms with E-state index in [9.17, 15) is 9.59 Å². The first-order valence-electron chi connectivity index (χ1n) is 10.8. The molecule has 0 radical (unpaired) electrons. The Morgan fingerprint density at radius 1 is 0.935 bits per heavy atom. The zero-order chi connectivity index (χ0) is 21.5. The van der Waals surface area contributed by atoms with Gasteiger partial charge in [-0.15, -0.1) is 0 Å². The van der Waals surface area contributed by atoms with E-state index in [0.29, 0.717) is 31.8 Å². The molecule has 0 unspecified atom stereocenters. The van der Waals surface area contributed by atoms with Crippen LogP contribution in [0.25, 0.3) is 0 Å². The zero-order valence-electron chi connectivity index (χ0n) is 17.5. The van der Waals surface area contributed by atoms with Gasteiger partial charge >= 0.3 is 6.09 Å². The molecule has 1 saturated heterocycles. The van der Waals surface area contributed by atoms with Crippen LogP contribution in [0.15, 0.2) is 73.1 Å². The van der Waals surface area contributed by atoms with E-state index in [-0.39, 0.29) is 24.4 Å². The van der Waals surface area contributed by atoms with Gasteiger partial charge in [-0.05, 0) is 30.4 Å². The summed E-state index contributed by atoms with van der Waals surface area (Å²) >= 11 is 0. The van der Waals surface area contributed by atoms with Gasteiger partial charge in [0.25, 0.3) is 0 Å². The summed E-state index contributed by atoms with van der Waals surface area (Å²) in [6.07, 6.45) is 5.35. The van der Waals surface area contributed by atoms with Gasteiger partial charge in [0.05, 0.1) is 0 Å². The molecule has 2 aromatic carbocycles. The Morgan fingerprint density at radius 3 is 2.26 bits per heavy atom. The van der Waals surface area contributed by atoms with E-state index < -0.39 is 0 Å². The van der Waals surface area contributed by atoms with Crippen molar-refractivity contribution in [2.45, 2.75) is 32.4 Å². The fourth-order valence-electron chi connectivity index (χ4n) is 3.93. The molecule has 1 fully saturated rings. The van der Waals surface area contributed by atoms with Gasteiger partial charge in [0.1, 0.15) is 6.61 Å². The number of Topliss-reactive ketones (excluding diaryl/α,β-unsaturated/α-hetero) is 1. The number of carbonyl (C=O) groups is 2. The normalized spacial score (nSPS) is 14.4. The Balaban J connectivity index is 1.27. The van der Waals surface area contributed by atoms with Gasteiger partial charge in [0.15, 0.2) is 5.82 Å². The maximum atomic E-state index is 13.1. The molecule has 0 atom stereocenters. The first kappa shape index (κ1) is 20.8. The van der Waals surface area contributed by atoms with E-state index in [1.54, 1.807) is 11.1 Å². The molecule has 3 aromatic rings. The molecule has 31 heavy (non-hydrogen) atoms.